The van der Waals surface area contributed by atoms with E-state index in [4.69, 9.17) is 4.74 Å². The Morgan fingerprint density at radius 2 is 2.56 bits per heavy atom. The quantitative estimate of drug-likeness (QED) is 0.828. The Hall–Kier alpha value is -0.420. The van der Waals surface area contributed by atoms with Gasteiger partial charge in [-0.05, 0) is 17.9 Å². The van der Waals surface area contributed by atoms with Gasteiger partial charge in [-0.3, -0.25) is 0 Å². The molecule has 3 nitrogen and oxygen atoms in total. The van der Waals surface area contributed by atoms with E-state index in [1.165, 1.54) is 4.88 Å². The topological polar surface area (TPSA) is 41.5 Å². The number of thiophene rings is 1. The molecule has 2 atom stereocenters. The maximum atomic E-state index is 10.1. The number of hydrogen-bond donors (Lipinski definition) is 2. The second-order valence-corrected chi connectivity index (χ2v) is 5.36. The summed E-state index contributed by atoms with van der Waals surface area (Å²) in [6, 6.07) is 4.56. The summed E-state index contributed by atoms with van der Waals surface area (Å²) in [7, 11) is 0. The van der Waals surface area contributed by atoms with Gasteiger partial charge in [-0.2, -0.15) is 0 Å². The van der Waals surface area contributed by atoms with Crippen LogP contribution in [-0.4, -0.2) is 30.5 Å². The van der Waals surface area contributed by atoms with Crippen LogP contribution in [0.5, 0.6) is 0 Å². The minimum absolute atomic E-state index is 0.352. The Bertz CT molecular complexity index is 307. The van der Waals surface area contributed by atoms with Crippen molar-refractivity contribution in [2.75, 3.05) is 19.8 Å². The van der Waals surface area contributed by atoms with Crippen LogP contribution in [0.2, 0.25) is 0 Å². The molecule has 90 valence electrons. The van der Waals surface area contributed by atoms with Crippen LogP contribution in [0.3, 0.4) is 0 Å². The van der Waals surface area contributed by atoms with Crippen molar-refractivity contribution < 1.29 is 9.84 Å². The van der Waals surface area contributed by atoms with E-state index in [9.17, 15) is 5.11 Å². The summed E-state index contributed by atoms with van der Waals surface area (Å²) in [6.45, 7) is 3.91. The first-order valence-corrected chi connectivity index (χ1v) is 6.68. The fourth-order valence-corrected chi connectivity index (χ4v) is 2.87. The van der Waals surface area contributed by atoms with E-state index in [-0.39, 0.29) is 0 Å². The molecule has 2 unspecified atom stereocenters. The van der Waals surface area contributed by atoms with Gasteiger partial charge < -0.3 is 15.2 Å². The molecule has 0 bridgehead atoms. The largest absolute Gasteiger partial charge is 0.386 e. The lowest BCUT2D eigenvalue weighted by molar-refractivity contribution is 0.0247. The summed E-state index contributed by atoms with van der Waals surface area (Å²) >= 11 is 1.76. The highest BCUT2D eigenvalue weighted by Crippen LogP contribution is 2.24. The van der Waals surface area contributed by atoms with Crippen molar-refractivity contribution in [2.45, 2.75) is 31.4 Å². The molecule has 1 fully saturated rings. The van der Waals surface area contributed by atoms with E-state index in [0.29, 0.717) is 25.8 Å². The second-order valence-electron chi connectivity index (χ2n) is 4.38. The van der Waals surface area contributed by atoms with Gasteiger partial charge in [-0.25, -0.2) is 0 Å². The minimum Gasteiger partial charge on any atom is -0.386 e. The van der Waals surface area contributed by atoms with Crippen molar-refractivity contribution >= 4 is 11.3 Å². The van der Waals surface area contributed by atoms with Gasteiger partial charge in [0.25, 0.3) is 0 Å². The highest BCUT2D eigenvalue weighted by atomic mass is 32.1. The molecule has 2 rings (SSSR count). The average Bonchev–Trinajstić information content (AvgIpc) is 2.91. The molecule has 1 aliphatic rings. The zero-order valence-corrected chi connectivity index (χ0v) is 10.4. The lowest BCUT2D eigenvalue weighted by Gasteiger charge is -2.24. The van der Waals surface area contributed by atoms with E-state index in [2.05, 4.69) is 29.8 Å². The lowest BCUT2D eigenvalue weighted by atomic mass is 10.0. The van der Waals surface area contributed by atoms with Gasteiger partial charge in [0, 0.05) is 30.5 Å². The molecular weight excluding hydrogens is 222 g/mol. The van der Waals surface area contributed by atoms with Crippen LogP contribution in [0.25, 0.3) is 0 Å². The molecule has 1 saturated heterocycles. The third-order valence-corrected chi connectivity index (χ3v) is 4.04. The first-order chi connectivity index (χ1) is 7.73. The molecule has 1 aromatic rings. The maximum absolute atomic E-state index is 10.1. The highest BCUT2D eigenvalue weighted by Gasteiger charge is 2.32. The first kappa shape index (κ1) is 12.0. The van der Waals surface area contributed by atoms with Crippen molar-refractivity contribution in [3.8, 4) is 0 Å². The van der Waals surface area contributed by atoms with Crippen LogP contribution in [0.15, 0.2) is 17.5 Å². The summed E-state index contributed by atoms with van der Waals surface area (Å²) in [4.78, 5) is 1.34. The normalized spacial score (nSPS) is 27.1. The average molecular weight is 241 g/mol. The highest BCUT2D eigenvalue weighted by molar-refractivity contribution is 7.10. The third kappa shape index (κ3) is 2.83. The van der Waals surface area contributed by atoms with Gasteiger partial charge in [-0.1, -0.05) is 13.0 Å². The van der Waals surface area contributed by atoms with E-state index in [1.807, 2.05) is 0 Å². The van der Waals surface area contributed by atoms with Crippen LogP contribution in [0.1, 0.15) is 30.7 Å². The van der Waals surface area contributed by atoms with E-state index < -0.39 is 5.60 Å². The van der Waals surface area contributed by atoms with Crippen molar-refractivity contribution in [2.24, 2.45) is 0 Å². The van der Waals surface area contributed by atoms with Gasteiger partial charge in [0.15, 0.2) is 0 Å². The van der Waals surface area contributed by atoms with Crippen LogP contribution in [0.4, 0.5) is 0 Å². The third-order valence-electron chi connectivity index (χ3n) is 3.05. The Morgan fingerprint density at radius 1 is 1.69 bits per heavy atom. The van der Waals surface area contributed by atoms with Gasteiger partial charge in [0.2, 0.25) is 0 Å². The van der Waals surface area contributed by atoms with Gasteiger partial charge in [-0.15, -0.1) is 11.3 Å². The van der Waals surface area contributed by atoms with E-state index in [1.54, 1.807) is 11.3 Å². The van der Waals surface area contributed by atoms with Crippen molar-refractivity contribution in [1.29, 1.82) is 0 Å². The molecule has 2 heterocycles. The Kier molecular flexibility index (Phi) is 3.97. The minimum atomic E-state index is -0.662. The van der Waals surface area contributed by atoms with Crippen LogP contribution >= 0.6 is 11.3 Å². The van der Waals surface area contributed by atoms with Crippen LogP contribution < -0.4 is 5.32 Å². The molecule has 2 N–H and O–H groups in total. The summed E-state index contributed by atoms with van der Waals surface area (Å²) in [5.74, 6) is 0. The Morgan fingerprint density at radius 3 is 3.12 bits per heavy atom. The predicted molar refractivity (Wildman–Crippen MR) is 65.7 cm³/mol. The van der Waals surface area contributed by atoms with Gasteiger partial charge in [0.05, 0.1) is 6.61 Å². The SMILES string of the molecule is CCC(NCC1(O)CCOC1)c1cccs1. The van der Waals surface area contributed by atoms with Crippen molar-refractivity contribution in [3.63, 3.8) is 0 Å². The molecule has 16 heavy (non-hydrogen) atoms. The number of aliphatic hydroxyl groups is 1. The maximum Gasteiger partial charge on any atom is 0.103 e. The molecule has 1 aliphatic heterocycles. The van der Waals surface area contributed by atoms with Crippen LogP contribution in [0, 0.1) is 0 Å². The van der Waals surface area contributed by atoms with Crippen molar-refractivity contribution in [1.82, 2.24) is 5.32 Å². The molecule has 4 heteroatoms. The number of nitrogens with one attached hydrogen (secondary N) is 1. The summed E-state index contributed by atoms with van der Waals surface area (Å²) < 4.78 is 5.23. The monoisotopic (exact) mass is 241 g/mol. The summed E-state index contributed by atoms with van der Waals surface area (Å²) in [5.41, 5.74) is -0.662. The second kappa shape index (κ2) is 5.27. The van der Waals surface area contributed by atoms with Gasteiger partial charge in [0.1, 0.15) is 5.60 Å². The molecule has 0 aromatic carbocycles. The molecular formula is C12H19NO2S. The zero-order chi connectivity index (χ0) is 11.4. The molecule has 0 spiro atoms. The van der Waals surface area contributed by atoms with Crippen LogP contribution in [-0.2, 0) is 4.74 Å². The molecule has 0 amide bonds. The number of hydrogen-bond acceptors (Lipinski definition) is 4. The van der Waals surface area contributed by atoms with E-state index >= 15 is 0 Å². The van der Waals surface area contributed by atoms with Gasteiger partial charge >= 0.3 is 0 Å². The molecule has 0 radical (unpaired) electrons. The zero-order valence-electron chi connectivity index (χ0n) is 9.61. The lowest BCUT2D eigenvalue weighted by Crippen LogP contribution is -2.42. The fourth-order valence-electron chi connectivity index (χ4n) is 1.98. The fraction of sp³-hybridized carbons (Fsp3) is 0.667. The Labute approximate surface area is 100 Å². The number of ether oxygens (including phenoxy) is 1. The van der Waals surface area contributed by atoms with E-state index in [0.717, 1.165) is 12.8 Å². The summed E-state index contributed by atoms with van der Waals surface area (Å²) in [6.07, 6.45) is 1.78. The first-order valence-electron chi connectivity index (χ1n) is 5.80. The molecule has 0 aliphatic carbocycles. The smallest absolute Gasteiger partial charge is 0.103 e. The summed E-state index contributed by atoms with van der Waals surface area (Å²) in [5, 5.41) is 15.7. The predicted octanol–water partition coefficient (Wildman–Crippen LogP) is 1.94. The Balaban J connectivity index is 1.88. The molecule has 0 saturated carbocycles. The number of rotatable bonds is 5. The standard InChI is InChI=1S/C12H19NO2S/c1-2-10(11-4-3-7-16-11)13-8-12(14)5-6-15-9-12/h3-4,7,10,13-14H,2,5-6,8-9H2,1H3. The molecule has 1 aromatic heterocycles. The van der Waals surface area contributed by atoms with Crippen molar-refractivity contribution in [3.05, 3.63) is 22.4 Å².